The van der Waals surface area contributed by atoms with Crippen LogP contribution in [0.2, 0.25) is 0 Å². The van der Waals surface area contributed by atoms with Gasteiger partial charge in [0.1, 0.15) is 0 Å². The average Bonchev–Trinajstić information content (AvgIpc) is 2.73. The van der Waals surface area contributed by atoms with Gasteiger partial charge in [-0.2, -0.15) is 29.7 Å². The standard InChI is InChI=1S/C19H30N6O4S2/c1-3-9-19(10-4-2,30(26,27)24(15-5-11-20)16-6-12-21)31(28,29)25(17-7-13-22)18-8-14-23/h3-10,15-18H2,1-2H3. The van der Waals surface area contributed by atoms with Gasteiger partial charge in [-0.15, -0.1) is 0 Å². The number of nitriles is 4. The summed E-state index contributed by atoms with van der Waals surface area (Å²) in [5, 5.41) is 35.7. The first-order chi connectivity index (χ1) is 14.7. The third-order valence-electron chi connectivity index (χ3n) is 4.77. The van der Waals surface area contributed by atoms with Gasteiger partial charge in [-0.3, -0.25) is 0 Å². The summed E-state index contributed by atoms with van der Waals surface area (Å²) in [7, 11) is -9.02. The van der Waals surface area contributed by atoms with Crippen LogP contribution in [0.25, 0.3) is 0 Å². The van der Waals surface area contributed by atoms with Gasteiger partial charge in [0.05, 0.1) is 24.3 Å². The highest BCUT2D eigenvalue weighted by Crippen LogP contribution is 2.39. The Bertz CT molecular complexity index is 822. The van der Waals surface area contributed by atoms with Crippen LogP contribution in [-0.2, 0) is 20.0 Å². The summed E-state index contributed by atoms with van der Waals surface area (Å²) < 4.78 is 54.9. The minimum atomic E-state index is -4.51. The van der Waals surface area contributed by atoms with E-state index in [0.717, 1.165) is 8.61 Å². The largest absolute Gasteiger partial charge is 0.235 e. The van der Waals surface area contributed by atoms with E-state index >= 15 is 0 Å². The summed E-state index contributed by atoms with van der Waals surface area (Å²) in [6, 6.07) is 7.43. The first-order valence-corrected chi connectivity index (χ1v) is 13.0. The summed E-state index contributed by atoms with van der Waals surface area (Å²) in [4.78, 5) is 0. The molecule has 0 atom stereocenters. The highest BCUT2D eigenvalue weighted by Gasteiger charge is 2.57. The Morgan fingerprint density at radius 3 is 1.06 bits per heavy atom. The molecule has 0 fully saturated rings. The molecule has 12 heteroatoms. The van der Waals surface area contributed by atoms with Crippen LogP contribution in [0.4, 0.5) is 0 Å². The zero-order valence-electron chi connectivity index (χ0n) is 18.1. The molecule has 0 spiro atoms. The second-order valence-corrected chi connectivity index (χ2v) is 11.6. The van der Waals surface area contributed by atoms with Crippen molar-refractivity contribution in [1.29, 1.82) is 21.0 Å². The summed E-state index contributed by atoms with van der Waals surface area (Å²) in [5.41, 5.74) is 0. The zero-order valence-corrected chi connectivity index (χ0v) is 19.8. The number of rotatable bonds is 16. The Morgan fingerprint density at radius 2 is 0.871 bits per heavy atom. The summed E-state index contributed by atoms with van der Waals surface area (Å²) >= 11 is 0. The lowest BCUT2D eigenvalue weighted by molar-refractivity contribution is 0.372. The maximum atomic E-state index is 13.8. The first kappa shape index (κ1) is 28.8. The van der Waals surface area contributed by atoms with Crippen LogP contribution in [0.15, 0.2) is 0 Å². The molecule has 0 amide bonds. The monoisotopic (exact) mass is 470 g/mol. The van der Waals surface area contributed by atoms with Gasteiger partial charge in [-0.05, 0) is 12.8 Å². The molecule has 0 aliphatic carbocycles. The van der Waals surface area contributed by atoms with E-state index in [9.17, 15) is 16.8 Å². The molecular weight excluding hydrogens is 440 g/mol. The Kier molecular flexibility index (Phi) is 13.0. The van der Waals surface area contributed by atoms with Crippen molar-refractivity contribution in [3.8, 4) is 24.3 Å². The second kappa shape index (κ2) is 14.0. The Labute approximate surface area is 186 Å². The van der Waals surface area contributed by atoms with Crippen molar-refractivity contribution in [2.45, 2.75) is 69.3 Å². The van der Waals surface area contributed by atoms with E-state index in [4.69, 9.17) is 21.0 Å². The predicted octanol–water partition coefficient (Wildman–Crippen LogP) is 2.20. The SMILES string of the molecule is CCCC(CCC)(S(=O)(=O)N(CCC#N)CCC#N)S(=O)(=O)N(CCC#N)CCC#N. The van der Waals surface area contributed by atoms with Gasteiger partial charge >= 0.3 is 0 Å². The van der Waals surface area contributed by atoms with E-state index < -0.39 is 24.1 Å². The zero-order chi connectivity index (χ0) is 24.0. The molecule has 0 rings (SSSR count). The summed E-state index contributed by atoms with van der Waals surface area (Å²) in [6.07, 6.45) is -0.442. The van der Waals surface area contributed by atoms with Crippen LogP contribution in [0.1, 0.15) is 65.2 Å². The predicted molar refractivity (Wildman–Crippen MR) is 114 cm³/mol. The number of hydrogen-bond donors (Lipinski definition) is 0. The molecule has 0 N–H and O–H groups in total. The molecule has 0 bridgehead atoms. The lowest BCUT2D eigenvalue weighted by Crippen LogP contribution is -2.58. The van der Waals surface area contributed by atoms with Crippen molar-refractivity contribution >= 4 is 20.0 Å². The van der Waals surface area contributed by atoms with Crippen LogP contribution in [0.3, 0.4) is 0 Å². The molecule has 0 heterocycles. The van der Waals surface area contributed by atoms with Crippen molar-refractivity contribution < 1.29 is 16.8 Å². The van der Waals surface area contributed by atoms with E-state index in [1.165, 1.54) is 0 Å². The van der Waals surface area contributed by atoms with Crippen LogP contribution < -0.4 is 0 Å². The molecule has 0 radical (unpaired) electrons. The molecule has 0 unspecified atom stereocenters. The molecule has 10 nitrogen and oxygen atoms in total. The van der Waals surface area contributed by atoms with E-state index in [1.54, 1.807) is 13.8 Å². The van der Waals surface area contributed by atoms with E-state index in [0.29, 0.717) is 0 Å². The van der Waals surface area contributed by atoms with Crippen molar-refractivity contribution in [1.82, 2.24) is 8.61 Å². The highest BCUT2D eigenvalue weighted by molar-refractivity contribution is 8.08. The van der Waals surface area contributed by atoms with Gasteiger partial charge in [0.25, 0.3) is 0 Å². The second-order valence-electron chi connectivity index (χ2n) is 6.85. The van der Waals surface area contributed by atoms with Crippen LogP contribution in [-0.4, -0.2) is 55.7 Å². The number of hydrogen-bond acceptors (Lipinski definition) is 8. The fourth-order valence-corrected chi connectivity index (χ4v) is 9.22. The van der Waals surface area contributed by atoms with E-state index in [2.05, 4.69) is 0 Å². The number of sulfonamides is 2. The fraction of sp³-hybridized carbons (Fsp3) is 0.789. The Morgan fingerprint density at radius 1 is 0.613 bits per heavy atom. The van der Waals surface area contributed by atoms with Gasteiger partial charge < -0.3 is 0 Å². The lowest BCUT2D eigenvalue weighted by atomic mass is 10.1. The van der Waals surface area contributed by atoms with Gasteiger partial charge in [0.15, 0.2) is 0 Å². The first-order valence-electron chi connectivity index (χ1n) is 10.1. The normalized spacial score (nSPS) is 12.1. The molecule has 172 valence electrons. The summed E-state index contributed by atoms with van der Waals surface area (Å²) in [5.74, 6) is 0. The van der Waals surface area contributed by atoms with Gasteiger partial charge in [0.2, 0.25) is 24.1 Å². The molecular formula is C19H30N6O4S2. The van der Waals surface area contributed by atoms with Gasteiger partial charge in [0, 0.05) is 51.9 Å². The maximum Gasteiger partial charge on any atom is 0.235 e. The molecule has 0 saturated carbocycles. The maximum absolute atomic E-state index is 13.8. The molecule has 0 aromatic carbocycles. The van der Waals surface area contributed by atoms with Gasteiger partial charge in [-0.25, -0.2) is 16.8 Å². The van der Waals surface area contributed by atoms with E-state index in [-0.39, 0.29) is 77.5 Å². The van der Waals surface area contributed by atoms with Crippen molar-refractivity contribution in [3.05, 3.63) is 0 Å². The highest BCUT2D eigenvalue weighted by atomic mass is 32.3. The van der Waals surface area contributed by atoms with Crippen LogP contribution in [0.5, 0.6) is 0 Å². The van der Waals surface area contributed by atoms with Crippen LogP contribution in [0, 0.1) is 45.3 Å². The summed E-state index contributed by atoms with van der Waals surface area (Å²) in [6.45, 7) is 2.48. The number of nitrogens with zero attached hydrogens (tertiary/aromatic N) is 6. The molecule has 0 aliphatic rings. The fourth-order valence-electron chi connectivity index (χ4n) is 3.41. The van der Waals surface area contributed by atoms with E-state index in [1.807, 2.05) is 24.3 Å². The van der Waals surface area contributed by atoms with Crippen molar-refractivity contribution in [3.63, 3.8) is 0 Å². The van der Waals surface area contributed by atoms with Crippen molar-refractivity contribution in [2.75, 3.05) is 26.2 Å². The third kappa shape index (κ3) is 6.89. The molecule has 31 heavy (non-hydrogen) atoms. The topological polar surface area (TPSA) is 170 Å². The minimum Gasteiger partial charge on any atom is -0.210 e. The Hall–Kier alpha value is -2.22. The quantitative estimate of drug-likeness (QED) is 0.330. The Balaban J connectivity index is 6.79. The lowest BCUT2D eigenvalue weighted by Gasteiger charge is -2.40. The molecule has 0 aromatic heterocycles. The van der Waals surface area contributed by atoms with Crippen molar-refractivity contribution in [2.24, 2.45) is 0 Å². The smallest absolute Gasteiger partial charge is 0.210 e. The van der Waals surface area contributed by atoms with Gasteiger partial charge in [-0.1, -0.05) is 26.7 Å². The molecule has 0 saturated heterocycles. The molecule has 0 aliphatic heterocycles. The molecule has 0 aromatic rings. The minimum absolute atomic E-state index is 0.147. The van der Waals surface area contributed by atoms with Crippen LogP contribution >= 0.6 is 0 Å². The third-order valence-corrected chi connectivity index (χ3v) is 10.8. The average molecular weight is 471 g/mol.